The number of rotatable bonds is 7. The summed E-state index contributed by atoms with van der Waals surface area (Å²) in [7, 11) is 4.18. The summed E-state index contributed by atoms with van der Waals surface area (Å²) < 4.78 is 2.27. The number of nitrogens with zero attached hydrogens (tertiary/aromatic N) is 3. The maximum atomic E-state index is 10.0. The highest BCUT2D eigenvalue weighted by atomic mass is 16.3. The van der Waals surface area contributed by atoms with Crippen LogP contribution in [0, 0.1) is 0 Å². The lowest BCUT2D eigenvalue weighted by Gasteiger charge is -2.14. The van der Waals surface area contributed by atoms with Gasteiger partial charge in [-0.1, -0.05) is 20.3 Å². The normalized spacial score (nSPS) is 11.9. The summed E-state index contributed by atoms with van der Waals surface area (Å²) in [6.45, 7) is 6.20. The largest absolute Gasteiger partial charge is 0.508 e. The van der Waals surface area contributed by atoms with Gasteiger partial charge in [-0.05, 0) is 63.7 Å². The molecule has 0 fully saturated rings. The lowest BCUT2D eigenvalue weighted by Crippen LogP contribution is -2.15. The second kappa shape index (κ2) is 7.54. The van der Waals surface area contributed by atoms with Crippen molar-refractivity contribution in [3.63, 3.8) is 0 Å². The van der Waals surface area contributed by atoms with Crippen LogP contribution in [-0.4, -0.2) is 40.2 Å². The Balaban J connectivity index is 2.28. The van der Waals surface area contributed by atoms with Crippen molar-refractivity contribution < 1.29 is 5.11 Å². The number of hydrogen-bond acceptors (Lipinski definition) is 4. The first-order valence-electron chi connectivity index (χ1n) is 9.54. The van der Waals surface area contributed by atoms with Gasteiger partial charge in [0.05, 0.1) is 10.9 Å². The van der Waals surface area contributed by atoms with Gasteiger partial charge in [0.1, 0.15) is 11.4 Å². The third-order valence-electron chi connectivity index (χ3n) is 5.03. The van der Waals surface area contributed by atoms with E-state index < -0.39 is 0 Å². The number of aryl methyl sites for hydroxylation is 2. The van der Waals surface area contributed by atoms with E-state index in [9.17, 15) is 5.11 Å². The number of nitrogen functional groups attached to an aromatic ring is 1. The van der Waals surface area contributed by atoms with E-state index >= 15 is 0 Å². The monoisotopic (exact) mass is 354 g/mol. The zero-order valence-electron chi connectivity index (χ0n) is 16.3. The van der Waals surface area contributed by atoms with E-state index in [4.69, 9.17) is 10.7 Å². The Morgan fingerprint density at radius 3 is 2.65 bits per heavy atom. The zero-order valence-corrected chi connectivity index (χ0v) is 16.3. The molecule has 0 aliphatic carbocycles. The van der Waals surface area contributed by atoms with Crippen molar-refractivity contribution in [3.8, 4) is 5.75 Å². The molecule has 0 radical (unpaired) electrons. The summed E-state index contributed by atoms with van der Waals surface area (Å²) in [5.41, 5.74) is 11.7. The van der Waals surface area contributed by atoms with Gasteiger partial charge in [-0.25, -0.2) is 4.98 Å². The van der Waals surface area contributed by atoms with Gasteiger partial charge in [0, 0.05) is 23.3 Å². The Morgan fingerprint density at radius 2 is 2.00 bits per heavy atom. The van der Waals surface area contributed by atoms with Gasteiger partial charge in [0.25, 0.3) is 0 Å². The maximum Gasteiger partial charge on any atom is 0.143 e. The summed E-state index contributed by atoms with van der Waals surface area (Å²) in [5.74, 6) is 0.264. The molecule has 2 aromatic heterocycles. The fourth-order valence-corrected chi connectivity index (χ4v) is 3.82. The molecule has 140 valence electrons. The molecule has 0 saturated carbocycles. The molecule has 0 atom stereocenters. The third-order valence-corrected chi connectivity index (χ3v) is 5.03. The smallest absolute Gasteiger partial charge is 0.143 e. The van der Waals surface area contributed by atoms with E-state index in [1.165, 1.54) is 0 Å². The molecule has 5 heteroatoms. The number of pyridine rings is 1. The molecule has 0 unspecified atom stereocenters. The van der Waals surface area contributed by atoms with Crippen LogP contribution in [-0.2, 0) is 19.4 Å². The molecule has 0 aliphatic rings. The quantitative estimate of drug-likeness (QED) is 0.674. The third kappa shape index (κ3) is 3.23. The first-order chi connectivity index (χ1) is 12.5. The van der Waals surface area contributed by atoms with Crippen molar-refractivity contribution in [2.24, 2.45) is 0 Å². The standard InChI is InChI=1S/C21H30N4O/c1-5-8-17-15(6-2)20(22)19-16-13-14(26)9-10-18(16)25(21(19)23-17)12-7-11-24(3)4/h9-10,13,26H,5-8,11-12H2,1-4H3,(H2,22,23). The molecule has 3 N–H and O–H groups in total. The molecule has 0 saturated heterocycles. The SMILES string of the molecule is CCCc1nc2c(c(N)c1CC)c1cc(O)ccc1n2CCCN(C)C. The topological polar surface area (TPSA) is 67.3 Å². The van der Waals surface area contributed by atoms with Gasteiger partial charge < -0.3 is 20.3 Å². The summed E-state index contributed by atoms with van der Waals surface area (Å²) in [5, 5.41) is 12.0. The number of aromatic hydroxyl groups is 1. The van der Waals surface area contributed by atoms with Gasteiger partial charge in [-0.2, -0.15) is 0 Å². The summed E-state index contributed by atoms with van der Waals surface area (Å²) in [6, 6.07) is 5.54. The van der Waals surface area contributed by atoms with E-state index in [2.05, 4.69) is 37.4 Å². The lowest BCUT2D eigenvalue weighted by molar-refractivity contribution is 0.389. The molecule has 0 spiro atoms. The number of fused-ring (bicyclic) bond motifs is 3. The predicted octanol–water partition coefficient (Wildman–Crippen LogP) is 3.94. The Morgan fingerprint density at radius 1 is 1.23 bits per heavy atom. The van der Waals surface area contributed by atoms with Gasteiger partial charge in [0.15, 0.2) is 0 Å². The van der Waals surface area contributed by atoms with Crippen molar-refractivity contribution in [2.45, 2.75) is 46.1 Å². The summed E-state index contributed by atoms with van der Waals surface area (Å²) in [6.07, 6.45) is 3.89. The predicted molar refractivity (Wildman–Crippen MR) is 110 cm³/mol. The van der Waals surface area contributed by atoms with E-state index in [1.54, 1.807) is 6.07 Å². The Kier molecular flexibility index (Phi) is 5.37. The van der Waals surface area contributed by atoms with Crippen LogP contribution >= 0.6 is 0 Å². The maximum absolute atomic E-state index is 10.0. The molecular weight excluding hydrogens is 324 g/mol. The van der Waals surface area contributed by atoms with Gasteiger partial charge >= 0.3 is 0 Å². The Labute approximate surface area is 155 Å². The van der Waals surface area contributed by atoms with Crippen LogP contribution in [0.1, 0.15) is 37.9 Å². The molecule has 0 aliphatic heterocycles. The molecule has 5 nitrogen and oxygen atoms in total. The molecule has 0 bridgehead atoms. The highest BCUT2D eigenvalue weighted by molar-refractivity contribution is 6.13. The first-order valence-corrected chi connectivity index (χ1v) is 9.54. The highest BCUT2D eigenvalue weighted by Crippen LogP contribution is 2.37. The van der Waals surface area contributed by atoms with Crippen molar-refractivity contribution in [2.75, 3.05) is 26.4 Å². The summed E-state index contributed by atoms with van der Waals surface area (Å²) in [4.78, 5) is 7.24. The molecule has 26 heavy (non-hydrogen) atoms. The second-order valence-electron chi connectivity index (χ2n) is 7.26. The number of nitrogens with two attached hydrogens (primary N) is 1. The van der Waals surface area contributed by atoms with Crippen molar-refractivity contribution in [3.05, 3.63) is 29.5 Å². The molecule has 0 amide bonds. The molecular formula is C21H30N4O. The van der Waals surface area contributed by atoms with Crippen LogP contribution in [0.25, 0.3) is 21.9 Å². The number of anilines is 1. The Bertz CT molecular complexity index is 927. The minimum absolute atomic E-state index is 0.264. The van der Waals surface area contributed by atoms with Gasteiger partial charge in [-0.3, -0.25) is 0 Å². The number of phenolic OH excluding ortho intramolecular Hbond substituents is 1. The average Bonchev–Trinajstić information content (AvgIpc) is 2.88. The average molecular weight is 354 g/mol. The minimum atomic E-state index is 0.264. The van der Waals surface area contributed by atoms with E-state index in [-0.39, 0.29) is 5.75 Å². The van der Waals surface area contributed by atoms with Crippen LogP contribution in [0.5, 0.6) is 5.75 Å². The highest BCUT2D eigenvalue weighted by Gasteiger charge is 2.19. The first kappa shape index (κ1) is 18.5. The molecule has 3 aromatic rings. The van der Waals surface area contributed by atoms with Crippen molar-refractivity contribution in [1.82, 2.24) is 14.5 Å². The number of phenols is 1. The van der Waals surface area contributed by atoms with E-state index in [1.807, 2.05) is 12.1 Å². The summed E-state index contributed by atoms with van der Waals surface area (Å²) >= 11 is 0. The van der Waals surface area contributed by atoms with Gasteiger partial charge in [-0.15, -0.1) is 0 Å². The van der Waals surface area contributed by atoms with Crippen LogP contribution in [0.15, 0.2) is 18.2 Å². The van der Waals surface area contributed by atoms with Crippen LogP contribution in [0.4, 0.5) is 5.69 Å². The van der Waals surface area contributed by atoms with Crippen molar-refractivity contribution >= 4 is 27.6 Å². The molecule has 3 rings (SSSR count). The Hall–Kier alpha value is -2.27. The van der Waals surface area contributed by atoms with E-state index in [0.29, 0.717) is 0 Å². The lowest BCUT2D eigenvalue weighted by atomic mass is 10.0. The minimum Gasteiger partial charge on any atom is -0.508 e. The van der Waals surface area contributed by atoms with Crippen molar-refractivity contribution in [1.29, 1.82) is 0 Å². The number of benzene rings is 1. The fraction of sp³-hybridized carbons (Fsp3) is 0.476. The zero-order chi connectivity index (χ0) is 18.8. The van der Waals surface area contributed by atoms with Crippen LogP contribution < -0.4 is 5.73 Å². The second-order valence-corrected chi connectivity index (χ2v) is 7.26. The van der Waals surface area contributed by atoms with E-state index in [0.717, 1.165) is 77.7 Å². The number of hydrogen-bond donors (Lipinski definition) is 2. The van der Waals surface area contributed by atoms with Gasteiger partial charge in [0.2, 0.25) is 0 Å². The fourth-order valence-electron chi connectivity index (χ4n) is 3.82. The molecule has 2 heterocycles. The molecule has 1 aromatic carbocycles. The van der Waals surface area contributed by atoms with Crippen LogP contribution in [0.3, 0.4) is 0 Å². The van der Waals surface area contributed by atoms with Crippen LogP contribution in [0.2, 0.25) is 0 Å². The number of aromatic nitrogens is 2.